The molecule has 1 atom stereocenters. The Kier molecular flexibility index (Phi) is 5.72. The number of hydrogen-bond donors (Lipinski definition) is 1. The zero-order valence-corrected chi connectivity index (χ0v) is 14.1. The van der Waals surface area contributed by atoms with E-state index in [1.807, 2.05) is 12.1 Å². The minimum absolute atomic E-state index is 0.279. The summed E-state index contributed by atoms with van der Waals surface area (Å²) in [4.78, 5) is 2.33. The summed E-state index contributed by atoms with van der Waals surface area (Å²) in [6.07, 6.45) is 2.52. The van der Waals surface area contributed by atoms with Crippen LogP contribution in [0.25, 0.3) is 0 Å². The number of ether oxygens (including phenoxy) is 2. The van der Waals surface area contributed by atoms with Crippen molar-refractivity contribution >= 4 is 0 Å². The first-order valence-corrected chi connectivity index (χ1v) is 8.48. The second-order valence-electron chi connectivity index (χ2n) is 6.28. The van der Waals surface area contributed by atoms with Crippen LogP contribution in [-0.2, 0) is 17.8 Å². The molecule has 4 heteroatoms. The van der Waals surface area contributed by atoms with Gasteiger partial charge in [-0.25, -0.2) is 0 Å². The molecular formula is C20H25NO3. The normalized spacial score (nSPS) is 17.3. The first-order valence-electron chi connectivity index (χ1n) is 8.48. The molecule has 0 bridgehead atoms. The molecule has 0 unspecified atom stereocenters. The van der Waals surface area contributed by atoms with E-state index in [-0.39, 0.29) is 6.10 Å². The molecule has 1 N–H and O–H groups in total. The summed E-state index contributed by atoms with van der Waals surface area (Å²) in [6.45, 7) is 3.22. The second kappa shape index (κ2) is 8.18. The monoisotopic (exact) mass is 327 g/mol. The fourth-order valence-corrected chi connectivity index (χ4v) is 3.16. The third kappa shape index (κ3) is 4.49. The van der Waals surface area contributed by atoms with Gasteiger partial charge < -0.3 is 14.6 Å². The molecule has 1 fully saturated rings. The van der Waals surface area contributed by atoms with E-state index in [9.17, 15) is 5.11 Å². The third-order valence-electron chi connectivity index (χ3n) is 4.42. The van der Waals surface area contributed by atoms with Crippen molar-refractivity contribution in [2.24, 2.45) is 0 Å². The maximum absolute atomic E-state index is 10.2. The summed E-state index contributed by atoms with van der Waals surface area (Å²) in [5.74, 6) is 1.07. The maximum atomic E-state index is 10.2. The third-order valence-corrected chi connectivity index (χ3v) is 4.42. The van der Waals surface area contributed by atoms with Crippen LogP contribution in [0.1, 0.15) is 24.0 Å². The van der Waals surface area contributed by atoms with Crippen molar-refractivity contribution in [1.29, 1.82) is 0 Å². The Morgan fingerprint density at radius 3 is 2.71 bits per heavy atom. The molecule has 3 rings (SSSR count). The van der Waals surface area contributed by atoms with Crippen LogP contribution in [0.15, 0.2) is 48.5 Å². The first kappa shape index (κ1) is 16.8. The molecule has 0 saturated carbocycles. The van der Waals surface area contributed by atoms with Gasteiger partial charge in [-0.05, 0) is 36.6 Å². The number of methoxy groups -OCH3 is 1. The molecule has 1 aliphatic rings. The minimum Gasteiger partial charge on any atom is -0.508 e. The van der Waals surface area contributed by atoms with E-state index < -0.39 is 0 Å². The average molecular weight is 327 g/mol. The zero-order valence-electron chi connectivity index (χ0n) is 14.1. The largest absolute Gasteiger partial charge is 0.508 e. The van der Waals surface area contributed by atoms with Crippen LogP contribution in [0.2, 0.25) is 0 Å². The van der Waals surface area contributed by atoms with Crippen LogP contribution in [0, 0.1) is 0 Å². The van der Waals surface area contributed by atoms with E-state index in [4.69, 9.17) is 9.47 Å². The standard InChI is InChI=1S/C20H25NO3/c1-23-18-9-10-20(22)17(12-18)14-21(15-19-8-5-11-24-19)13-16-6-3-2-4-7-16/h2-4,6-7,9-10,12,19,22H,5,8,11,13-15H2,1H3/t19-/m1/s1. The zero-order chi connectivity index (χ0) is 16.8. The fourth-order valence-electron chi connectivity index (χ4n) is 3.16. The average Bonchev–Trinajstić information content (AvgIpc) is 3.11. The Morgan fingerprint density at radius 2 is 2.00 bits per heavy atom. The lowest BCUT2D eigenvalue weighted by molar-refractivity contribution is 0.0676. The Hall–Kier alpha value is -2.04. The highest BCUT2D eigenvalue weighted by atomic mass is 16.5. The van der Waals surface area contributed by atoms with Crippen LogP contribution in [-0.4, -0.2) is 36.4 Å². The van der Waals surface area contributed by atoms with Gasteiger partial charge >= 0.3 is 0 Å². The van der Waals surface area contributed by atoms with Crippen molar-refractivity contribution in [2.45, 2.75) is 32.0 Å². The Balaban J connectivity index is 1.75. The van der Waals surface area contributed by atoms with Crippen LogP contribution < -0.4 is 4.74 Å². The highest BCUT2D eigenvalue weighted by Gasteiger charge is 2.20. The Morgan fingerprint density at radius 1 is 1.17 bits per heavy atom. The number of phenolic OH excluding ortho intramolecular Hbond substituents is 1. The summed E-state index contributed by atoms with van der Waals surface area (Å²) in [7, 11) is 1.64. The molecule has 4 nitrogen and oxygen atoms in total. The van der Waals surface area contributed by atoms with E-state index in [0.717, 1.165) is 43.9 Å². The summed E-state index contributed by atoms with van der Waals surface area (Å²) in [5.41, 5.74) is 2.14. The highest BCUT2D eigenvalue weighted by molar-refractivity contribution is 5.39. The lowest BCUT2D eigenvalue weighted by Crippen LogP contribution is -2.31. The Labute approximate surface area is 143 Å². The number of nitrogens with zero attached hydrogens (tertiary/aromatic N) is 1. The quantitative estimate of drug-likeness (QED) is 0.844. The van der Waals surface area contributed by atoms with Gasteiger partial charge in [-0.2, -0.15) is 0 Å². The lowest BCUT2D eigenvalue weighted by Gasteiger charge is -2.26. The van der Waals surface area contributed by atoms with Crippen molar-refractivity contribution in [3.63, 3.8) is 0 Å². The number of hydrogen-bond acceptors (Lipinski definition) is 4. The predicted octanol–water partition coefficient (Wildman–Crippen LogP) is 3.58. The molecule has 2 aromatic rings. The molecule has 128 valence electrons. The second-order valence-corrected chi connectivity index (χ2v) is 6.28. The summed E-state index contributed by atoms with van der Waals surface area (Å²) in [6, 6.07) is 15.8. The van der Waals surface area contributed by atoms with Crippen LogP contribution >= 0.6 is 0 Å². The molecule has 0 amide bonds. The van der Waals surface area contributed by atoms with Crippen LogP contribution in [0.5, 0.6) is 11.5 Å². The Bertz CT molecular complexity index is 639. The molecule has 0 spiro atoms. The van der Waals surface area contributed by atoms with E-state index >= 15 is 0 Å². The van der Waals surface area contributed by atoms with Gasteiger partial charge in [-0.1, -0.05) is 30.3 Å². The molecular weight excluding hydrogens is 302 g/mol. The SMILES string of the molecule is COc1ccc(O)c(CN(Cc2ccccc2)C[C@H]2CCCO2)c1. The van der Waals surface area contributed by atoms with Crippen molar-refractivity contribution in [3.05, 3.63) is 59.7 Å². The number of aromatic hydroxyl groups is 1. The summed E-state index contributed by atoms with van der Waals surface area (Å²) >= 11 is 0. The predicted molar refractivity (Wildman–Crippen MR) is 94.2 cm³/mol. The van der Waals surface area contributed by atoms with E-state index in [2.05, 4.69) is 29.2 Å². The summed E-state index contributed by atoms with van der Waals surface area (Å²) in [5, 5.41) is 10.2. The van der Waals surface area contributed by atoms with Gasteiger partial charge in [0.1, 0.15) is 11.5 Å². The molecule has 1 saturated heterocycles. The molecule has 1 heterocycles. The van der Waals surface area contributed by atoms with Crippen LogP contribution in [0.3, 0.4) is 0 Å². The maximum Gasteiger partial charge on any atom is 0.120 e. The fraction of sp³-hybridized carbons (Fsp3) is 0.400. The molecule has 1 aliphatic heterocycles. The van der Waals surface area contributed by atoms with Crippen molar-refractivity contribution in [2.75, 3.05) is 20.3 Å². The number of benzene rings is 2. The lowest BCUT2D eigenvalue weighted by atomic mass is 10.1. The molecule has 0 aromatic heterocycles. The van der Waals surface area contributed by atoms with Crippen molar-refractivity contribution < 1.29 is 14.6 Å². The van der Waals surface area contributed by atoms with Gasteiger partial charge in [-0.3, -0.25) is 4.90 Å². The van der Waals surface area contributed by atoms with Crippen LogP contribution in [0.4, 0.5) is 0 Å². The minimum atomic E-state index is 0.279. The van der Waals surface area contributed by atoms with Gasteiger partial charge in [0.25, 0.3) is 0 Å². The molecule has 24 heavy (non-hydrogen) atoms. The van der Waals surface area contributed by atoms with E-state index in [0.29, 0.717) is 12.3 Å². The van der Waals surface area contributed by atoms with Gasteiger partial charge in [0.15, 0.2) is 0 Å². The number of phenols is 1. The molecule has 0 aliphatic carbocycles. The molecule has 0 radical (unpaired) electrons. The van der Waals surface area contributed by atoms with E-state index in [1.54, 1.807) is 19.2 Å². The van der Waals surface area contributed by atoms with Gasteiger partial charge in [0.05, 0.1) is 13.2 Å². The van der Waals surface area contributed by atoms with E-state index in [1.165, 1.54) is 5.56 Å². The molecule has 2 aromatic carbocycles. The highest BCUT2D eigenvalue weighted by Crippen LogP contribution is 2.25. The van der Waals surface area contributed by atoms with Gasteiger partial charge in [-0.15, -0.1) is 0 Å². The van der Waals surface area contributed by atoms with Crippen molar-refractivity contribution in [3.8, 4) is 11.5 Å². The number of rotatable bonds is 7. The van der Waals surface area contributed by atoms with Gasteiger partial charge in [0.2, 0.25) is 0 Å². The smallest absolute Gasteiger partial charge is 0.120 e. The topological polar surface area (TPSA) is 41.9 Å². The van der Waals surface area contributed by atoms with Crippen molar-refractivity contribution in [1.82, 2.24) is 4.90 Å². The summed E-state index contributed by atoms with van der Waals surface area (Å²) < 4.78 is 11.1. The first-order chi connectivity index (χ1) is 11.7. The van der Waals surface area contributed by atoms with Gasteiger partial charge in [0, 0.05) is 31.8 Å².